The molecule has 0 unspecified atom stereocenters. The number of aliphatic carboxylic acids is 2. The van der Waals surface area contributed by atoms with Gasteiger partial charge in [0.05, 0.1) is 17.9 Å². The van der Waals surface area contributed by atoms with Crippen LogP contribution in [-0.2, 0) is 14.4 Å². The van der Waals surface area contributed by atoms with E-state index < -0.39 is 30.3 Å². The van der Waals surface area contributed by atoms with Gasteiger partial charge in [-0.25, -0.2) is 4.79 Å². The molecule has 1 heterocycles. The van der Waals surface area contributed by atoms with E-state index in [1.54, 1.807) is 30.3 Å². The van der Waals surface area contributed by atoms with Crippen LogP contribution in [0.4, 0.5) is 0 Å². The maximum absolute atomic E-state index is 12.5. The average Bonchev–Trinajstić information content (AvgIpc) is 2.81. The van der Waals surface area contributed by atoms with Gasteiger partial charge >= 0.3 is 11.9 Å². The molecule has 7 nitrogen and oxygen atoms in total. The Hall–Kier alpha value is -2.39. The summed E-state index contributed by atoms with van der Waals surface area (Å²) >= 11 is 6.01. The summed E-state index contributed by atoms with van der Waals surface area (Å²) in [6.45, 7) is 2.41. The van der Waals surface area contributed by atoms with Gasteiger partial charge in [0, 0.05) is 0 Å². The molecule has 0 radical (unpaired) electrons. The van der Waals surface area contributed by atoms with E-state index in [9.17, 15) is 19.5 Å². The Morgan fingerprint density at radius 2 is 1.96 bits per heavy atom. The van der Waals surface area contributed by atoms with Crippen molar-refractivity contribution in [2.45, 2.75) is 19.4 Å². The van der Waals surface area contributed by atoms with E-state index in [1.807, 2.05) is 6.92 Å². The van der Waals surface area contributed by atoms with Gasteiger partial charge < -0.3 is 14.9 Å². The lowest BCUT2D eigenvalue weighted by Gasteiger charge is -2.21. The molecule has 1 amide bonds. The van der Waals surface area contributed by atoms with E-state index in [0.717, 1.165) is 16.7 Å². The highest BCUT2D eigenvalue weighted by molar-refractivity contribution is 8.26. The predicted molar refractivity (Wildman–Crippen MR) is 96.3 cm³/mol. The minimum Gasteiger partial charge on any atom is -0.494 e. The summed E-state index contributed by atoms with van der Waals surface area (Å²) < 4.78 is 5.36. The van der Waals surface area contributed by atoms with Crippen LogP contribution >= 0.6 is 24.0 Å². The second-order valence-electron chi connectivity index (χ2n) is 5.01. The van der Waals surface area contributed by atoms with Crippen LogP contribution in [0.5, 0.6) is 5.75 Å². The molecule has 132 valence electrons. The summed E-state index contributed by atoms with van der Waals surface area (Å²) in [4.78, 5) is 35.8. The topological polar surface area (TPSA) is 104 Å². The number of thioether (sulfide) groups is 1. The van der Waals surface area contributed by atoms with Crippen LogP contribution in [0.1, 0.15) is 18.9 Å². The summed E-state index contributed by atoms with van der Waals surface area (Å²) in [5.74, 6) is -2.66. The first-order valence-corrected chi connectivity index (χ1v) is 8.50. The molecule has 0 saturated carbocycles. The molecule has 2 rings (SSSR count). The van der Waals surface area contributed by atoms with Crippen molar-refractivity contribution in [3.8, 4) is 5.75 Å². The van der Waals surface area contributed by atoms with Gasteiger partial charge in [0.25, 0.3) is 5.91 Å². The average molecular weight is 381 g/mol. The lowest BCUT2D eigenvalue weighted by atomic mass is 10.1. The molecule has 9 heteroatoms. The lowest BCUT2D eigenvalue weighted by Crippen LogP contribution is -2.45. The van der Waals surface area contributed by atoms with E-state index in [2.05, 4.69) is 0 Å². The fourth-order valence-corrected chi connectivity index (χ4v) is 3.54. The summed E-state index contributed by atoms with van der Waals surface area (Å²) in [7, 11) is 0. The van der Waals surface area contributed by atoms with Gasteiger partial charge in [-0.2, -0.15) is 0 Å². The largest absolute Gasteiger partial charge is 0.494 e. The van der Waals surface area contributed by atoms with E-state index in [4.69, 9.17) is 22.1 Å². The standard InChI is InChI=1S/C16H15NO6S2/c1-2-23-10-5-3-9(4-6-10)7-12-14(20)17(16(24)25-12)11(15(21)22)8-13(18)19/h3-7,11H,2,8H2,1H3,(H,18,19)(H,21,22)/b12-7-/t11-/m0/s1. The molecule has 2 N–H and O–H groups in total. The Labute approximate surface area is 153 Å². The first-order valence-electron chi connectivity index (χ1n) is 7.28. The van der Waals surface area contributed by atoms with Crippen LogP contribution in [0.3, 0.4) is 0 Å². The van der Waals surface area contributed by atoms with Gasteiger partial charge in [0.2, 0.25) is 0 Å². The van der Waals surface area contributed by atoms with Crippen LogP contribution in [0.15, 0.2) is 29.2 Å². The molecular weight excluding hydrogens is 366 g/mol. The molecule has 0 bridgehead atoms. The number of thiocarbonyl (C=S) groups is 1. The number of amides is 1. The van der Waals surface area contributed by atoms with E-state index in [0.29, 0.717) is 17.9 Å². The van der Waals surface area contributed by atoms with E-state index >= 15 is 0 Å². The fraction of sp³-hybridized carbons (Fsp3) is 0.250. The zero-order chi connectivity index (χ0) is 18.6. The minimum atomic E-state index is -1.53. The Balaban J connectivity index is 2.24. The molecule has 25 heavy (non-hydrogen) atoms. The summed E-state index contributed by atoms with van der Waals surface area (Å²) in [6.07, 6.45) is 0.854. The number of carboxylic acids is 2. The molecule has 0 aromatic heterocycles. The van der Waals surface area contributed by atoms with Gasteiger partial charge in [-0.15, -0.1) is 0 Å². The number of carbonyl (C=O) groups excluding carboxylic acids is 1. The number of hydrogen-bond acceptors (Lipinski definition) is 6. The monoisotopic (exact) mass is 381 g/mol. The second kappa shape index (κ2) is 8.13. The molecule has 1 aliphatic rings. The SMILES string of the molecule is CCOc1ccc(/C=C2\SC(=S)N([C@@H](CC(=O)O)C(=O)O)C2=O)cc1. The quantitative estimate of drug-likeness (QED) is 0.547. The molecule has 1 aliphatic heterocycles. The van der Waals surface area contributed by atoms with Gasteiger partial charge in [0.15, 0.2) is 0 Å². The molecular formula is C16H15NO6S2. The van der Waals surface area contributed by atoms with Crippen molar-refractivity contribution in [3.63, 3.8) is 0 Å². The highest BCUT2D eigenvalue weighted by atomic mass is 32.2. The van der Waals surface area contributed by atoms with E-state index in [1.165, 1.54) is 0 Å². The normalized spacial score (nSPS) is 17.0. The first kappa shape index (κ1) is 18.9. The maximum atomic E-state index is 12.5. The maximum Gasteiger partial charge on any atom is 0.327 e. The number of carboxylic acid groups (broad SMARTS) is 2. The number of ether oxygens (including phenoxy) is 1. The molecule has 1 saturated heterocycles. The van der Waals surface area contributed by atoms with Crippen molar-refractivity contribution >= 4 is 52.2 Å². The zero-order valence-electron chi connectivity index (χ0n) is 13.2. The molecule has 0 spiro atoms. The van der Waals surface area contributed by atoms with Crippen molar-refractivity contribution in [3.05, 3.63) is 34.7 Å². The molecule has 1 aromatic carbocycles. The van der Waals surface area contributed by atoms with Crippen LogP contribution in [0.25, 0.3) is 6.08 Å². The van der Waals surface area contributed by atoms with Crippen LogP contribution in [-0.4, -0.2) is 49.9 Å². The van der Waals surface area contributed by atoms with Crippen molar-refractivity contribution in [2.24, 2.45) is 0 Å². The Bertz CT molecular complexity index is 743. The third-order valence-corrected chi connectivity index (χ3v) is 4.61. The Morgan fingerprint density at radius 3 is 2.48 bits per heavy atom. The number of rotatable bonds is 7. The van der Waals surface area contributed by atoms with Gasteiger partial charge in [0.1, 0.15) is 16.1 Å². The third kappa shape index (κ3) is 4.58. The van der Waals surface area contributed by atoms with Crippen molar-refractivity contribution in [1.82, 2.24) is 4.90 Å². The summed E-state index contributed by atoms with van der Waals surface area (Å²) in [5.41, 5.74) is 0.717. The van der Waals surface area contributed by atoms with Gasteiger partial charge in [-0.05, 0) is 30.7 Å². The van der Waals surface area contributed by atoms with Gasteiger partial charge in [-0.1, -0.05) is 36.1 Å². The van der Waals surface area contributed by atoms with Crippen LogP contribution < -0.4 is 4.74 Å². The molecule has 1 fully saturated rings. The Morgan fingerprint density at radius 1 is 1.32 bits per heavy atom. The zero-order valence-corrected chi connectivity index (χ0v) is 14.8. The number of nitrogens with zero attached hydrogens (tertiary/aromatic N) is 1. The highest BCUT2D eigenvalue weighted by Crippen LogP contribution is 2.34. The van der Waals surface area contributed by atoms with Crippen molar-refractivity contribution in [2.75, 3.05) is 6.61 Å². The van der Waals surface area contributed by atoms with Crippen LogP contribution in [0, 0.1) is 0 Å². The summed E-state index contributed by atoms with van der Waals surface area (Å²) in [5, 5.41) is 18.1. The number of benzene rings is 1. The minimum absolute atomic E-state index is 0.0239. The number of hydrogen-bond donors (Lipinski definition) is 2. The van der Waals surface area contributed by atoms with E-state index in [-0.39, 0.29) is 9.23 Å². The molecule has 0 aliphatic carbocycles. The third-order valence-electron chi connectivity index (χ3n) is 3.28. The fourth-order valence-electron chi connectivity index (χ4n) is 2.18. The smallest absolute Gasteiger partial charge is 0.327 e. The second-order valence-corrected chi connectivity index (χ2v) is 6.68. The predicted octanol–water partition coefficient (Wildman–Crippen LogP) is 2.21. The lowest BCUT2D eigenvalue weighted by molar-refractivity contribution is -0.150. The van der Waals surface area contributed by atoms with Crippen molar-refractivity contribution < 1.29 is 29.3 Å². The van der Waals surface area contributed by atoms with Gasteiger partial charge in [-0.3, -0.25) is 14.5 Å². The molecule has 1 atom stereocenters. The van der Waals surface area contributed by atoms with Crippen molar-refractivity contribution in [1.29, 1.82) is 0 Å². The summed E-state index contributed by atoms with van der Waals surface area (Å²) in [6, 6.07) is 5.48. The number of carbonyl (C=O) groups is 3. The van der Waals surface area contributed by atoms with Crippen LogP contribution in [0.2, 0.25) is 0 Å². The first-order chi connectivity index (χ1) is 11.8. The highest BCUT2D eigenvalue weighted by Gasteiger charge is 2.41. The Kier molecular flexibility index (Phi) is 6.16. The molecule has 1 aromatic rings.